The first-order valence-electron chi connectivity index (χ1n) is 5.94. The number of hydrogen-bond acceptors (Lipinski definition) is 4. The number of amides is 2. The molecular formula is C11H16N2O3S. The molecule has 1 N–H and O–H groups in total. The van der Waals surface area contributed by atoms with Crippen molar-refractivity contribution >= 4 is 29.3 Å². The molecule has 6 heteroatoms. The van der Waals surface area contributed by atoms with Gasteiger partial charge < -0.3 is 10.1 Å². The quantitative estimate of drug-likeness (QED) is 0.722. The van der Waals surface area contributed by atoms with Gasteiger partial charge in [-0.15, -0.1) is 0 Å². The average Bonchev–Trinajstić information content (AvgIpc) is 2.52. The van der Waals surface area contributed by atoms with Gasteiger partial charge in [-0.05, 0) is 32.0 Å². The van der Waals surface area contributed by atoms with E-state index in [1.165, 1.54) is 0 Å². The minimum atomic E-state index is -0.669. The Labute approximate surface area is 105 Å². The molecular weight excluding hydrogens is 240 g/mol. The summed E-state index contributed by atoms with van der Waals surface area (Å²) < 4.78 is 4.84. The molecule has 1 heterocycles. The first kappa shape index (κ1) is 12.3. The van der Waals surface area contributed by atoms with Gasteiger partial charge in [0.05, 0.1) is 6.61 Å². The van der Waals surface area contributed by atoms with Gasteiger partial charge in [-0.3, -0.25) is 4.79 Å². The second-order valence-corrected chi connectivity index (χ2v) is 4.80. The minimum Gasteiger partial charge on any atom is -0.449 e. The third-order valence-corrected chi connectivity index (χ3v) is 3.60. The van der Waals surface area contributed by atoms with Gasteiger partial charge >= 0.3 is 6.09 Å². The van der Waals surface area contributed by atoms with Crippen LogP contribution in [0.25, 0.3) is 0 Å². The van der Waals surface area contributed by atoms with Gasteiger partial charge in [0.2, 0.25) is 0 Å². The lowest BCUT2D eigenvalue weighted by molar-refractivity contribution is -0.130. The van der Waals surface area contributed by atoms with E-state index in [0.717, 1.165) is 37.0 Å². The van der Waals surface area contributed by atoms with Gasteiger partial charge in [0.1, 0.15) is 5.54 Å². The Morgan fingerprint density at radius 3 is 2.71 bits per heavy atom. The number of carbonyl (C=O) groups is 2. The zero-order chi connectivity index (χ0) is 12.5. The fourth-order valence-corrected chi connectivity index (χ4v) is 2.82. The number of ether oxygens (including phenoxy) is 1. The molecule has 0 aromatic heterocycles. The highest BCUT2D eigenvalue weighted by molar-refractivity contribution is 7.80. The zero-order valence-corrected chi connectivity index (χ0v) is 10.6. The number of nitrogens with one attached hydrogen (secondary N) is 1. The lowest BCUT2D eigenvalue weighted by Crippen LogP contribution is -2.48. The van der Waals surface area contributed by atoms with E-state index >= 15 is 0 Å². The fourth-order valence-electron chi connectivity index (χ4n) is 2.47. The van der Waals surface area contributed by atoms with Crippen molar-refractivity contribution in [3.8, 4) is 0 Å². The van der Waals surface area contributed by atoms with Crippen molar-refractivity contribution in [1.82, 2.24) is 10.2 Å². The predicted molar refractivity (Wildman–Crippen MR) is 65.4 cm³/mol. The summed E-state index contributed by atoms with van der Waals surface area (Å²) in [6.07, 6.45) is 3.90. The summed E-state index contributed by atoms with van der Waals surface area (Å²) in [5, 5.41) is 3.19. The standard InChI is InChI=1S/C11H16N2O3S/c1-2-16-10(15)13-8(14)11(12-9(13)17)6-4-3-5-7-11/h2-7H2,1H3,(H,12,17). The molecule has 1 saturated carbocycles. The number of carbonyl (C=O) groups excluding carboxylic acids is 2. The van der Waals surface area contributed by atoms with E-state index in [-0.39, 0.29) is 17.6 Å². The van der Waals surface area contributed by atoms with Gasteiger partial charge in [-0.2, -0.15) is 4.90 Å². The molecule has 17 heavy (non-hydrogen) atoms. The monoisotopic (exact) mass is 256 g/mol. The van der Waals surface area contributed by atoms with Gasteiger partial charge in [-0.1, -0.05) is 19.3 Å². The van der Waals surface area contributed by atoms with Crippen molar-refractivity contribution in [2.45, 2.75) is 44.6 Å². The lowest BCUT2D eigenvalue weighted by atomic mass is 9.82. The third kappa shape index (κ3) is 2.01. The van der Waals surface area contributed by atoms with Gasteiger partial charge in [-0.25, -0.2) is 4.79 Å². The molecule has 2 amide bonds. The van der Waals surface area contributed by atoms with E-state index in [0.29, 0.717) is 0 Å². The van der Waals surface area contributed by atoms with Gasteiger partial charge in [0.25, 0.3) is 5.91 Å². The Hall–Kier alpha value is -1.17. The molecule has 94 valence electrons. The Kier molecular flexibility index (Phi) is 3.33. The summed E-state index contributed by atoms with van der Waals surface area (Å²) in [6.45, 7) is 1.93. The van der Waals surface area contributed by atoms with E-state index in [2.05, 4.69) is 5.32 Å². The zero-order valence-electron chi connectivity index (χ0n) is 9.82. The highest BCUT2D eigenvalue weighted by Gasteiger charge is 2.52. The molecule has 0 bridgehead atoms. The average molecular weight is 256 g/mol. The van der Waals surface area contributed by atoms with Gasteiger partial charge in [0.15, 0.2) is 5.11 Å². The summed E-state index contributed by atoms with van der Waals surface area (Å²) >= 11 is 5.05. The number of hydrogen-bond donors (Lipinski definition) is 1. The molecule has 1 spiro atoms. The topological polar surface area (TPSA) is 58.6 Å². The summed E-state index contributed by atoms with van der Waals surface area (Å²) in [4.78, 5) is 24.9. The molecule has 2 aliphatic rings. The van der Waals surface area contributed by atoms with Crippen molar-refractivity contribution in [2.75, 3.05) is 6.61 Å². The number of imide groups is 1. The van der Waals surface area contributed by atoms with E-state index in [1.807, 2.05) is 0 Å². The summed E-state index contributed by atoms with van der Waals surface area (Å²) in [6, 6.07) is 0. The van der Waals surface area contributed by atoms with Crippen molar-refractivity contribution in [1.29, 1.82) is 0 Å². The maximum absolute atomic E-state index is 12.3. The van der Waals surface area contributed by atoms with E-state index < -0.39 is 11.6 Å². The predicted octanol–water partition coefficient (Wildman–Crippen LogP) is 1.56. The van der Waals surface area contributed by atoms with Crippen LogP contribution >= 0.6 is 12.2 Å². The molecule has 1 aliphatic carbocycles. The van der Waals surface area contributed by atoms with Gasteiger partial charge in [0, 0.05) is 0 Å². The van der Waals surface area contributed by atoms with E-state index in [9.17, 15) is 9.59 Å². The molecule has 0 aromatic rings. The maximum Gasteiger partial charge on any atom is 0.423 e. The summed E-state index contributed by atoms with van der Waals surface area (Å²) in [5.74, 6) is -0.249. The van der Waals surface area contributed by atoms with Crippen LogP contribution in [0, 0.1) is 0 Å². The van der Waals surface area contributed by atoms with Crippen molar-refractivity contribution in [2.24, 2.45) is 0 Å². The van der Waals surface area contributed by atoms with Crippen LogP contribution in [0.4, 0.5) is 4.79 Å². The fraction of sp³-hybridized carbons (Fsp3) is 0.727. The van der Waals surface area contributed by atoms with Crippen LogP contribution in [-0.2, 0) is 9.53 Å². The van der Waals surface area contributed by atoms with Crippen LogP contribution in [0.5, 0.6) is 0 Å². The first-order valence-corrected chi connectivity index (χ1v) is 6.35. The Bertz CT molecular complexity index is 364. The Morgan fingerprint density at radius 2 is 2.12 bits per heavy atom. The van der Waals surface area contributed by atoms with Crippen molar-refractivity contribution in [3.05, 3.63) is 0 Å². The van der Waals surface area contributed by atoms with Crippen molar-refractivity contribution in [3.63, 3.8) is 0 Å². The normalized spacial score (nSPS) is 22.8. The number of thiocarbonyl (C=S) groups is 1. The number of nitrogens with zero attached hydrogens (tertiary/aromatic N) is 1. The first-order chi connectivity index (χ1) is 8.10. The molecule has 2 rings (SSSR count). The molecule has 1 saturated heterocycles. The summed E-state index contributed by atoms with van der Waals surface area (Å²) in [7, 11) is 0. The molecule has 0 atom stereocenters. The Morgan fingerprint density at radius 1 is 1.47 bits per heavy atom. The van der Waals surface area contributed by atoms with Crippen LogP contribution in [0.15, 0.2) is 0 Å². The molecule has 2 fully saturated rings. The highest BCUT2D eigenvalue weighted by atomic mass is 32.1. The van der Waals surface area contributed by atoms with Crippen molar-refractivity contribution < 1.29 is 14.3 Å². The molecule has 5 nitrogen and oxygen atoms in total. The summed E-state index contributed by atoms with van der Waals surface area (Å²) in [5.41, 5.74) is -0.651. The van der Waals surface area contributed by atoms with E-state index in [1.54, 1.807) is 6.92 Å². The van der Waals surface area contributed by atoms with Crippen LogP contribution < -0.4 is 5.32 Å². The molecule has 0 aromatic carbocycles. The lowest BCUT2D eigenvalue weighted by Gasteiger charge is -2.30. The van der Waals surface area contributed by atoms with Crippen LogP contribution in [-0.4, -0.2) is 34.2 Å². The molecule has 0 radical (unpaired) electrons. The molecule has 1 aliphatic heterocycles. The second-order valence-electron chi connectivity index (χ2n) is 4.41. The minimum absolute atomic E-state index is 0.176. The third-order valence-electron chi connectivity index (χ3n) is 3.32. The van der Waals surface area contributed by atoms with E-state index in [4.69, 9.17) is 17.0 Å². The smallest absolute Gasteiger partial charge is 0.423 e. The SMILES string of the molecule is CCOC(=O)N1C(=O)C2(CCCCC2)NC1=S. The largest absolute Gasteiger partial charge is 0.449 e. The van der Waals surface area contributed by atoms with Crippen LogP contribution in [0.2, 0.25) is 0 Å². The second kappa shape index (κ2) is 4.60. The Balaban J connectivity index is 2.18. The molecule has 0 unspecified atom stereocenters. The highest BCUT2D eigenvalue weighted by Crippen LogP contribution is 2.33. The van der Waals surface area contributed by atoms with Crippen LogP contribution in [0.3, 0.4) is 0 Å². The number of rotatable bonds is 1. The van der Waals surface area contributed by atoms with Crippen LogP contribution in [0.1, 0.15) is 39.0 Å². The maximum atomic E-state index is 12.3.